The van der Waals surface area contributed by atoms with Crippen molar-refractivity contribution in [1.29, 1.82) is 0 Å². The summed E-state index contributed by atoms with van der Waals surface area (Å²) < 4.78 is 28.3. The van der Waals surface area contributed by atoms with Crippen LogP contribution < -0.4 is 4.72 Å². The molecule has 0 aliphatic rings. The highest BCUT2D eigenvalue weighted by molar-refractivity contribution is 7.89. The van der Waals surface area contributed by atoms with Gasteiger partial charge in [0.1, 0.15) is 12.2 Å². The predicted molar refractivity (Wildman–Crippen MR) is 70.1 cm³/mol. The lowest BCUT2D eigenvalue weighted by molar-refractivity contribution is 0.282. The van der Waals surface area contributed by atoms with Crippen LogP contribution in [0.1, 0.15) is 10.7 Å². The summed E-state index contributed by atoms with van der Waals surface area (Å²) in [6.45, 7) is -0.0488. The van der Waals surface area contributed by atoms with Gasteiger partial charge in [0.2, 0.25) is 10.0 Å². The summed E-state index contributed by atoms with van der Waals surface area (Å²) in [4.78, 5) is 0.573. The fraction of sp³-hybridized carbons (Fsp3) is 0.400. The number of aliphatic hydroxyl groups is 1. The molecular weight excluding hydrogens is 288 g/mol. The Morgan fingerprint density at radius 2 is 2.32 bits per heavy atom. The molecule has 2 aromatic rings. The maximum absolute atomic E-state index is 12.0. The first-order valence-corrected chi connectivity index (χ1v) is 7.90. The lowest BCUT2D eigenvalue weighted by atomic mass is 10.4. The van der Waals surface area contributed by atoms with Crippen molar-refractivity contribution in [2.75, 3.05) is 6.54 Å². The zero-order valence-electron chi connectivity index (χ0n) is 10.3. The fourth-order valence-corrected chi connectivity index (χ4v) is 3.92. The second kappa shape index (κ2) is 5.78. The van der Waals surface area contributed by atoms with Crippen molar-refractivity contribution in [2.45, 2.75) is 17.9 Å². The minimum atomic E-state index is -3.58. The van der Waals surface area contributed by atoms with Crippen molar-refractivity contribution in [3.8, 4) is 0 Å². The van der Waals surface area contributed by atoms with Gasteiger partial charge in [0.15, 0.2) is 0 Å². The lowest BCUT2D eigenvalue weighted by Gasteiger charge is -2.06. The highest BCUT2D eigenvalue weighted by Gasteiger charge is 2.19. The third-order valence-electron chi connectivity index (χ3n) is 2.58. The van der Waals surface area contributed by atoms with Gasteiger partial charge in [-0.2, -0.15) is 0 Å². The second-order valence-electron chi connectivity index (χ2n) is 3.87. The van der Waals surface area contributed by atoms with Crippen LogP contribution in [0.3, 0.4) is 0 Å². The summed E-state index contributed by atoms with van der Waals surface area (Å²) in [5, 5.41) is 18.3. The van der Waals surface area contributed by atoms with Crippen LogP contribution >= 0.6 is 11.3 Å². The summed E-state index contributed by atoms with van der Waals surface area (Å²) in [7, 11) is -1.78. The van der Waals surface area contributed by atoms with E-state index >= 15 is 0 Å². The zero-order valence-corrected chi connectivity index (χ0v) is 11.9. The molecule has 0 amide bonds. The van der Waals surface area contributed by atoms with Crippen molar-refractivity contribution in [3.63, 3.8) is 0 Å². The molecule has 0 unspecified atom stereocenters. The number of hydrogen-bond acceptors (Lipinski definition) is 6. The molecule has 0 saturated carbocycles. The van der Waals surface area contributed by atoms with Crippen LogP contribution in [0.15, 0.2) is 22.7 Å². The summed E-state index contributed by atoms with van der Waals surface area (Å²) in [6, 6.07) is 1.49. The van der Waals surface area contributed by atoms with Gasteiger partial charge < -0.3 is 9.67 Å². The molecule has 0 aromatic carbocycles. The minimum Gasteiger partial charge on any atom is -0.391 e. The third-order valence-corrected chi connectivity index (χ3v) is 5.16. The molecule has 104 valence electrons. The maximum Gasteiger partial charge on any atom is 0.241 e. The number of hydrogen-bond donors (Lipinski definition) is 2. The van der Waals surface area contributed by atoms with Crippen LogP contribution in [-0.2, 0) is 30.1 Å². The van der Waals surface area contributed by atoms with Gasteiger partial charge in [-0.1, -0.05) is 0 Å². The predicted octanol–water partition coefficient (Wildman–Crippen LogP) is -0.110. The molecule has 0 saturated heterocycles. The summed E-state index contributed by atoms with van der Waals surface area (Å²) in [5.41, 5.74) is 0. The van der Waals surface area contributed by atoms with Gasteiger partial charge in [-0.15, -0.1) is 21.5 Å². The Labute approximate surface area is 115 Å². The number of aryl methyl sites for hydroxylation is 1. The van der Waals surface area contributed by atoms with Crippen LogP contribution in [0.5, 0.6) is 0 Å². The first-order valence-electron chi connectivity index (χ1n) is 5.54. The van der Waals surface area contributed by atoms with E-state index in [1.165, 1.54) is 17.4 Å². The highest BCUT2D eigenvalue weighted by Crippen LogP contribution is 2.21. The number of aromatic nitrogens is 3. The van der Waals surface area contributed by atoms with Gasteiger partial charge in [-0.05, 0) is 11.4 Å². The topological polar surface area (TPSA) is 97.1 Å². The Kier molecular flexibility index (Phi) is 4.30. The van der Waals surface area contributed by atoms with E-state index < -0.39 is 10.0 Å². The van der Waals surface area contributed by atoms with Gasteiger partial charge >= 0.3 is 0 Å². The average molecular weight is 302 g/mol. The van der Waals surface area contributed by atoms with Crippen LogP contribution in [0.4, 0.5) is 0 Å². The van der Waals surface area contributed by atoms with E-state index in [9.17, 15) is 8.42 Å². The molecule has 0 atom stereocenters. The first kappa shape index (κ1) is 14.1. The maximum atomic E-state index is 12.0. The number of nitrogens with zero attached hydrogens (tertiary/aromatic N) is 3. The first-order chi connectivity index (χ1) is 9.04. The van der Waals surface area contributed by atoms with Crippen molar-refractivity contribution in [3.05, 3.63) is 28.5 Å². The van der Waals surface area contributed by atoms with Crippen molar-refractivity contribution in [2.24, 2.45) is 7.05 Å². The molecule has 7 nitrogen and oxygen atoms in total. The Balaban J connectivity index is 2.01. The monoisotopic (exact) mass is 302 g/mol. The molecule has 9 heteroatoms. The Morgan fingerprint density at radius 3 is 2.95 bits per heavy atom. The number of sulfonamides is 1. The van der Waals surface area contributed by atoms with Crippen LogP contribution in [-0.4, -0.2) is 34.8 Å². The standard InChI is InChI=1S/C10H14N4O3S2/c1-14-7-11-13-10(14)2-4-12-19(16,17)9-3-5-18-8(9)6-15/h3,5,7,12,15H,2,4,6H2,1H3. The van der Waals surface area contributed by atoms with E-state index in [1.807, 2.05) is 0 Å². The largest absolute Gasteiger partial charge is 0.391 e. The summed E-state index contributed by atoms with van der Waals surface area (Å²) in [5.74, 6) is 0.704. The van der Waals surface area contributed by atoms with Gasteiger partial charge in [-0.25, -0.2) is 13.1 Å². The average Bonchev–Trinajstić information content (AvgIpc) is 2.98. The smallest absolute Gasteiger partial charge is 0.241 e. The summed E-state index contributed by atoms with van der Waals surface area (Å²) >= 11 is 1.21. The molecule has 2 aromatic heterocycles. The van der Waals surface area contributed by atoms with E-state index in [4.69, 9.17) is 5.11 Å². The van der Waals surface area contributed by atoms with Crippen LogP contribution in [0.2, 0.25) is 0 Å². The molecule has 2 heterocycles. The zero-order chi connectivity index (χ0) is 13.9. The molecule has 2 rings (SSSR count). The third kappa shape index (κ3) is 3.18. The Morgan fingerprint density at radius 1 is 1.53 bits per heavy atom. The van der Waals surface area contributed by atoms with E-state index in [-0.39, 0.29) is 18.0 Å². The number of thiophene rings is 1. The van der Waals surface area contributed by atoms with E-state index in [1.54, 1.807) is 23.3 Å². The molecule has 2 N–H and O–H groups in total. The molecule has 0 fully saturated rings. The van der Waals surface area contributed by atoms with Crippen molar-refractivity contribution >= 4 is 21.4 Å². The quantitative estimate of drug-likeness (QED) is 0.776. The van der Waals surface area contributed by atoms with E-state index in [0.717, 1.165) is 0 Å². The number of rotatable bonds is 6. The molecular formula is C10H14N4O3S2. The van der Waals surface area contributed by atoms with Gasteiger partial charge in [0.05, 0.1) is 11.5 Å². The van der Waals surface area contributed by atoms with Gasteiger partial charge in [-0.3, -0.25) is 0 Å². The van der Waals surface area contributed by atoms with E-state index in [2.05, 4.69) is 14.9 Å². The molecule has 0 radical (unpaired) electrons. The SMILES string of the molecule is Cn1cnnc1CCNS(=O)(=O)c1ccsc1CO. The van der Waals surface area contributed by atoms with Crippen LogP contribution in [0, 0.1) is 0 Å². The normalized spacial score (nSPS) is 11.9. The molecule has 19 heavy (non-hydrogen) atoms. The van der Waals surface area contributed by atoms with Gasteiger partial charge in [0.25, 0.3) is 0 Å². The number of aliphatic hydroxyl groups excluding tert-OH is 1. The number of nitrogens with one attached hydrogen (secondary N) is 1. The van der Waals surface area contributed by atoms with Crippen molar-refractivity contribution in [1.82, 2.24) is 19.5 Å². The lowest BCUT2D eigenvalue weighted by Crippen LogP contribution is -2.27. The van der Waals surface area contributed by atoms with E-state index in [0.29, 0.717) is 17.1 Å². The Hall–Kier alpha value is -1.29. The summed E-state index contributed by atoms with van der Waals surface area (Å²) in [6.07, 6.45) is 2.01. The fourth-order valence-electron chi connectivity index (χ4n) is 1.59. The molecule has 0 bridgehead atoms. The molecule has 0 aliphatic heterocycles. The molecule has 0 spiro atoms. The van der Waals surface area contributed by atoms with Crippen molar-refractivity contribution < 1.29 is 13.5 Å². The highest BCUT2D eigenvalue weighted by atomic mass is 32.2. The van der Waals surface area contributed by atoms with Gasteiger partial charge in [0, 0.05) is 24.9 Å². The van der Waals surface area contributed by atoms with Crippen LogP contribution in [0.25, 0.3) is 0 Å². The second-order valence-corrected chi connectivity index (χ2v) is 6.61. The molecule has 0 aliphatic carbocycles. The Bertz CT molecular complexity index is 647. The minimum absolute atomic E-state index is 0.137.